The number of piperidine rings is 1. The molecule has 24 heavy (non-hydrogen) atoms. The zero-order valence-electron chi connectivity index (χ0n) is 13.7. The van der Waals surface area contributed by atoms with Gasteiger partial charge in [0.1, 0.15) is 18.2 Å². The number of nitrogens with zero attached hydrogens (tertiary/aromatic N) is 4. The van der Waals surface area contributed by atoms with Crippen molar-refractivity contribution in [2.45, 2.75) is 31.8 Å². The molecule has 1 aromatic heterocycles. The van der Waals surface area contributed by atoms with Crippen LogP contribution in [0.3, 0.4) is 0 Å². The zero-order chi connectivity index (χ0) is 17.2. The van der Waals surface area contributed by atoms with E-state index in [0.29, 0.717) is 12.5 Å². The molecule has 0 bridgehead atoms. The maximum absolute atomic E-state index is 13.0. The van der Waals surface area contributed by atoms with Crippen LogP contribution in [0.4, 0.5) is 0 Å². The molecule has 1 amide bonds. The molecule has 1 saturated heterocycles. The summed E-state index contributed by atoms with van der Waals surface area (Å²) in [5, 5.41) is 4.16. The highest BCUT2D eigenvalue weighted by Crippen LogP contribution is 2.26. The maximum atomic E-state index is 13.0. The fourth-order valence-electron chi connectivity index (χ4n) is 3.24. The predicted molar refractivity (Wildman–Crippen MR) is 95.0 cm³/mol. The van der Waals surface area contributed by atoms with E-state index >= 15 is 0 Å². The summed E-state index contributed by atoms with van der Waals surface area (Å²) < 4.78 is 2.80. The first-order valence-electron chi connectivity index (χ1n) is 8.13. The van der Waals surface area contributed by atoms with Gasteiger partial charge in [0.15, 0.2) is 0 Å². The standard InChI is InChI=1S/C17H22BrN5O/c1-17(19,14-4-6-15(18)7-5-14)16(24)22-8-2-3-13(9-22)10-23-12-20-11-21-23/h4-7,11-13H,2-3,8-10,19H2,1H3. The normalized spacial score (nSPS) is 20.6. The number of amides is 1. The van der Waals surface area contributed by atoms with E-state index in [1.165, 1.54) is 6.33 Å². The summed E-state index contributed by atoms with van der Waals surface area (Å²) in [4.78, 5) is 18.9. The summed E-state index contributed by atoms with van der Waals surface area (Å²) in [5.41, 5.74) is 6.22. The molecule has 1 aromatic carbocycles. The van der Waals surface area contributed by atoms with Crippen LogP contribution in [-0.2, 0) is 16.9 Å². The number of hydrogen-bond donors (Lipinski definition) is 1. The highest BCUT2D eigenvalue weighted by atomic mass is 79.9. The van der Waals surface area contributed by atoms with Gasteiger partial charge >= 0.3 is 0 Å². The van der Waals surface area contributed by atoms with Gasteiger partial charge in [0.25, 0.3) is 0 Å². The lowest BCUT2D eigenvalue weighted by Gasteiger charge is -2.37. The molecule has 128 valence electrons. The first kappa shape index (κ1) is 17.1. The Morgan fingerprint density at radius 2 is 2.17 bits per heavy atom. The number of aromatic nitrogens is 3. The average molecular weight is 392 g/mol. The summed E-state index contributed by atoms with van der Waals surface area (Å²) in [6.07, 6.45) is 5.33. The van der Waals surface area contributed by atoms with Crippen LogP contribution in [0, 0.1) is 5.92 Å². The molecule has 0 aliphatic carbocycles. The molecule has 2 N–H and O–H groups in total. The molecule has 7 heteroatoms. The fourth-order valence-corrected chi connectivity index (χ4v) is 3.50. The quantitative estimate of drug-likeness (QED) is 0.865. The lowest BCUT2D eigenvalue weighted by atomic mass is 9.89. The van der Waals surface area contributed by atoms with Crippen molar-refractivity contribution in [2.75, 3.05) is 13.1 Å². The molecule has 2 heterocycles. The third-order valence-corrected chi connectivity index (χ3v) is 5.13. The molecule has 2 aromatic rings. The fraction of sp³-hybridized carbons (Fsp3) is 0.471. The van der Waals surface area contributed by atoms with Gasteiger partial charge in [0.05, 0.1) is 0 Å². The Morgan fingerprint density at radius 1 is 1.42 bits per heavy atom. The summed E-state index contributed by atoms with van der Waals surface area (Å²) in [6, 6.07) is 7.63. The molecule has 2 unspecified atom stereocenters. The Bertz CT molecular complexity index is 684. The van der Waals surface area contributed by atoms with Gasteiger partial charge in [-0.15, -0.1) is 0 Å². The van der Waals surface area contributed by atoms with Crippen LogP contribution < -0.4 is 5.73 Å². The third kappa shape index (κ3) is 3.67. The van der Waals surface area contributed by atoms with Gasteiger partial charge in [-0.25, -0.2) is 4.98 Å². The Labute approximate surface area is 150 Å². The highest BCUT2D eigenvalue weighted by molar-refractivity contribution is 9.10. The molecule has 6 nitrogen and oxygen atoms in total. The minimum Gasteiger partial charge on any atom is -0.340 e. The SMILES string of the molecule is CC(N)(C(=O)N1CCCC(Cn2cncn2)C1)c1ccc(Br)cc1. The highest BCUT2D eigenvalue weighted by Gasteiger charge is 2.36. The number of carbonyl (C=O) groups is 1. The minimum atomic E-state index is -1.02. The van der Waals surface area contributed by atoms with E-state index in [2.05, 4.69) is 26.0 Å². The van der Waals surface area contributed by atoms with Crippen LogP contribution in [-0.4, -0.2) is 38.7 Å². The summed E-state index contributed by atoms with van der Waals surface area (Å²) >= 11 is 3.41. The Balaban J connectivity index is 1.70. The van der Waals surface area contributed by atoms with Crippen LogP contribution in [0.25, 0.3) is 0 Å². The summed E-state index contributed by atoms with van der Waals surface area (Å²) in [6.45, 7) is 4.04. The largest absolute Gasteiger partial charge is 0.340 e. The lowest BCUT2D eigenvalue weighted by Crippen LogP contribution is -2.53. The maximum Gasteiger partial charge on any atom is 0.246 e. The summed E-state index contributed by atoms with van der Waals surface area (Å²) in [7, 11) is 0. The topological polar surface area (TPSA) is 77.0 Å². The van der Waals surface area contributed by atoms with Crippen molar-refractivity contribution in [3.63, 3.8) is 0 Å². The molecule has 0 spiro atoms. The lowest BCUT2D eigenvalue weighted by molar-refractivity contribution is -0.138. The molecule has 2 atom stereocenters. The van der Waals surface area contributed by atoms with Crippen LogP contribution >= 0.6 is 15.9 Å². The number of benzene rings is 1. The van der Waals surface area contributed by atoms with Gasteiger partial charge in [0.2, 0.25) is 5.91 Å². The molecule has 1 aliphatic heterocycles. The third-order valence-electron chi connectivity index (χ3n) is 4.61. The zero-order valence-corrected chi connectivity index (χ0v) is 15.3. The minimum absolute atomic E-state index is 0.0203. The Morgan fingerprint density at radius 3 is 2.83 bits per heavy atom. The van der Waals surface area contributed by atoms with Gasteiger partial charge in [-0.2, -0.15) is 5.10 Å². The van der Waals surface area contributed by atoms with E-state index in [4.69, 9.17) is 5.73 Å². The molecule has 0 radical (unpaired) electrons. The number of rotatable bonds is 4. The van der Waals surface area contributed by atoms with Gasteiger partial charge in [-0.1, -0.05) is 28.1 Å². The first-order chi connectivity index (χ1) is 11.5. The number of carbonyl (C=O) groups excluding carboxylic acids is 1. The molecule has 3 rings (SSSR count). The van der Waals surface area contributed by atoms with Crippen molar-refractivity contribution < 1.29 is 4.79 Å². The van der Waals surface area contributed by atoms with Crippen molar-refractivity contribution in [2.24, 2.45) is 11.7 Å². The first-order valence-corrected chi connectivity index (χ1v) is 8.93. The Hall–Kier alpha value is -1.73. The van der Waals surface area contributed by atoms with Crippen LogP contribution in [0.5, 0.6) is 0 Å². The van der Waals surface area contributed by atoms with E-state index in [9.17, 15) is 4.79 Å². The second-order valence-electron chi connectivity index (χ2n) is 6.59. The summed E-state index contributed by atoms with van der Waals surface area (Å²) in [5.74, 6) is 0.359. The molecular weight excluding hydrogens is 370 g/mol. The van der Waals surface area contributed by atoms with E-state index in [0.717, 1.165) is 36.0 Å². The van der Waals surface area contributed by atoms with E-state index in [-0.39, 0.29) is 5.91 Å². The van der Waals surface area contributed by atoms with Gasteiger partial charge < -0.3 is 10.6 Å². The average Bonchev–Trinajstić information content (AvgIpc) is 3.08. The van der Waals surface area contributed by atoms with Crippen molar-refractivity contribution in [1.82, 2.24) is 19.7 Å². The smallest absolute Gasteiger partial charge is 0.246 e. The predicted octanol–water partition coefficient (Wildman–Crippen LogP) is 2.15. The van der Waals surface area contributed by atoms with Crippen LogP contribution in [0.15, 0.2) is 41.4 Å². The number of nitrogens with two attached hydrogens (primary N) is 1. The molecule has 1 fully saturated rings. The van der Waals surface area contributed by atoms with Crippen LogP contribution in [0.1, 0.15) is 25.3 Å². The second kappa shape index (κ2) is 7.03. The van der Waals surface area contributed by atoms with E-state index in [1.807, 2.05) is 33.8 Å². The van der Waals surface area contributed by atoms with E-state index < -0.39 is 5.54 Å². The van der Waals surface area contributed by atoms with Gasteiger partial charge in [-0.05, 0) is 43.4 Å². The van der Waals surface area contributed by atoms with Crippen molar-refractivity contribution in [1.29, 1.82) is 0 Å². The number of halogens is 1. The van der Waals surface area contributed by atoms with E-state index in [1.54, 1.807) is 13.3 Å². The Kier molecular flexibility index (Phi) is 5.01. The van der Waals surface area contributed by atoms with Gasteiger partial charge in [-0.3, -0.25) is 9.48 Å². The number of likely N-dealkylation sites (tertiary alicyclic amines) is 1. The van der Waals surface area contributed by atoms with Crippen molar-refractivity contribution >= 4 is 21.8 Å². The molecular formula is C17H22BrN5O. The van der Waals surface area contributed by atoms with Gasteiger partial charge in [0, 0.05) is 24.1 Å². The van der Waals surface area contributed by atoms with Crippen molar-refractivity contribution in [3.8, 4) is 0 Å². The second-order valence-corrected chi connectivity index (χ2v) is 7.50. The van der Waals surface area contributed by atoms with Crippen LogP contribution in [0.2, 0.25) is 0 Å². The van der Waals surface area contributed by atoms with Crippen molar-refractivity contribution in [3.05, 3.63) is 47.0 Å². The number of hydrogen-bond acceptors (Lipinski definition) is 4. The molecule has 0 saturated carbocycles. The molecule has 1 aliphatic rings. The monoisotopic (exact) mass is 391 g/mol.